The van der Waals surface area contributed by atoms with Gasteiger partial charge in [-0.15, -0.1) is 0 Å². The monoisotopic (exact) mass is 396 g/mol. The van der Waals surface area contributed by atoms with Gasteiger partial charge in [0.1, 0.15) is 11.6 Å². The average Bonchev–Trinajstić information content (AvgIpc) is 3.45. The highest BCUT2D eigenvalue weighted by Crippen LogP contribution is 2.36. The molecule has 1 aromatic carbocycles. The minimum absolute atomic E-state index is 0.0175. The molecule has 1 saturated carbocycles. The lowest BCUT2D eigenvalue weighted by Gasteiger charge is -2.55. The van der Waals surface area contributed by atoms with Gasteiger partial charge >= 0.3 is 0 Å². The standard InChI is InChI=1S/C22H28N4O3/c1-23-20(27)19-11-29-22(12-25(19)10-15-3-4-15)13-26(14-22)21(28)17-5-6-18-16(9-17)7-8-24(18)2/h5-9,15,19H,3-4,10-14H2,1-2H3,(H,23,27)/t19-/m0/s1. The number of hydrogen-bond donors (Lipinski definition) is 1. The van der Waals surface area contributed by atoms with Crippen molar-refractivity contribution >= 4 is 22.7 Å². The first-order valence-electron chi connectivity index (χ1n) is 10.4. The van der Waals surface area contributed by atoms with Crippen LogP contribution < -0.4 is 5.32 Å². The molecule has 1 aromatic heterocycles. The van der Waals surface area contributed by atoms with Gasteiger partial charge < -0.3 is 19.5 Å². The van der Waals surface area contributed by atoms with Gasteiger partial charge in [0, 0.05) is 49.8 Å². The summed E-state index contributed by atoms with van der Waals surface area (Å²) < 4.78 is 8.21. The molecule has 2 amide bonds. The Balaban J connectivity index is 1.27. The Kier molecular flexibility index (Phi) is 4.40. The Labute approximate surface area is 170 Å². The van der Waals surface area contributed by atoms with E-state index in [1.165, 1.54) is 12.8 Å². The van der Waals surface area contributed by atoms with E-state index < -0.39 is 0 Å². The molecular formula is C22H28N4O3. The van der Waals surface area contributed by atoms with Crippen LogP contribution in [-0.4, -0.2) is 77.7 Å². The van der Waals surface area contributed by atoms with E-state index >= 15 is 0 Å². The van der Waals surface area contributed by atoms with Gasteiger partial charge in [0.2, 0.25) is 5.91 Å². The van der Waals surface area contributed by atoms with Crippen molar-refractivity contribution in [3.8, 4) is 0 Å². The maximum absolute atomic E-state index is 13.0. The molecule has 2 aliphatic heterocycles. The molecule has 0 unspecified atom stereocenters. The smallest absolute Gasteiger partial charge is 0.254 e. The van der Waals surface area contributed by atoms with Gasteiger partial charge in [0.05, 0.1) is 19.7 Å². The summed E-state index contributed by atoms with van der Waals surface area (Å²) in [6, 6.07) is 7.67. The normalized spacial score (nSPS) is 23.9. The number of aromatic nitrogens is 1. The van der Waals surface area contributed by atoms with E-state index in [1.54, 1.807) is 7.05 Å². The van der Waals surface area contributed by atoms with Gasteiger partial charge in [-0.25, -0.2) is 0 Å². The summed E-state index contributed by atoms with van der Waals surface area (Å²) in [5.74, 6) is 0.767. The zero-order valence-corrected chi connectivity index (χ0v) is 17.1. The van der Waals surface area contributed by atoms with Crippen molar-refractivity contribution in [1.82, 2.24) is 19.7 Å². The van der Waals surface area contributed by atoms with Gasteiger partial charge in [-0.3, -0.25) is 14.5 Å². The second-order valence-electron chi connectivity index (χ2n) is 8.86. The molecule has 0 radical (unpaired) electrons. The van der Waals surface area contributed by atoms with Crippen LogP contribution in [0.25, 0.3) is 10.9 Å². The predicted molar refractivity (Wildman–Crippen MR) is 110 cm³/mol. The number of likely N-dealkylation sites (N-methyl/N-ethyl adjacent to an activating group) is 1. The minimum atomic E-state index is -0.341. The number of nitrogens with one attached hydrogen (secondary N) is 1. The number of likely N-dealkylation sites (tertiary alicyclic amines) is 1. The van der Waals surface area contributed by atoms with Crippen LogP contribution in [0.3, 0.4) is 0 Å². The van der Waals surface area contributed by atoms with E-state index in [4.69, 9.17) is 4.74 Å². The molecule has 1 aliphatic carbocycles. The van der Waals surface area contributed by atoms with Gasteiger partial charge in [0.15, 0.2) is 0 Å². The Morgan fingerprint density at radius 3 is 2.72 bits per heavy atom. The summed E-state index contributed by atoms with van der Waals surface area (Å²) in [6.07, 6.45) is 4.50. The van der Waals surface area contributed by atoms with Gasteiger partial charge in [-0.2, -0.15) is 0 Å². The van der Waals surface area contributed by atoms with Crippen LogP contribution in [0.5, 0.6) is 0 Å². The number of benzene rings is 1. The van der Waals surface area contributed by atoms with Crippen LogP contribution in [0.2, 0.25) is 0 Å². The molecule has 154 valence electrons. The zero-order valence-electron chi connectivity index (χ0n) is 17.1. The Bertz CT molecular complexity index is 958. The maximum atomic E-state index is 13.0. The van der Waals surface area contributed by atoms with Crippen molar-refractivity contribution in [3.63, 3.8) is 0 Å². The number of carbonyl (C=O) groups is 2. The summed E-state index contributed by atoms with van der Waals surface area (Å²) in [5.41, 5.74) is 1.49. The van der Waals surface area contributed by atoms with Crippen LogP contribution in [0.4, 0.5) is 0 Å². The minimum Gasteiger partial charge on any atom is -0.368 e. The first-order chi connectivity index (χ1) is 14.0. The highest BCUT2D eigenvalue weighted by Gasteiger charge is 2.52. The molecule has 1 spiro atoms. The fraction of sp³-hybridized carbons (Fsp3) is 0.545. The van der Waals surface area contributed by atoms with E-state index in [0.717, 1.165) is 17.4 Å². The number of ether oxygens (including phenoxy) is 1. The molecule has 29 heavy (non-hydrogen) atoms. The van der Waals surface area contributed by atoms with Crippen molar-refractivity contribution in [2.75, 3.05) is 39.8 Å². The Morgan fingerprint density at radius 1 is 1.21 bits per heavy atom. The van der Waals surface area contributed by atoms with E-state index in [0.29, 0.717) is 37.7 Å². The first kappa shape index (κ1) is 18.6. The average molecular weight is 396 g/mol. The second kappa shape index (κ2) is 6.85. The highest BCUT2D eigenvalue weighted by molar-refractivity contribution is 5.98. The van der Waals surface area contributed by atoms with Crippen LogP contribution in [-0.2, 0) is 16.6 Å². The molecular weight excluding hydrogens is 368 g/mol. The van der Waals surface area contributed by atoms with Crippen molar-refractivity contribution in [3.05, 3.63) is 36.0 Å². The molecule has 2 saturated heterocycles. The molecule has 2 aromatic rings. The number of aryl methyl sites for hydroxylation is 1. The second-order valence-corrected chi connectivity index (χ2v) is 8.86. The van der Waals surface area contributed by atoms with Gasteiger partial charge in [0.25, 0.3) is 5.91 Å². The van der Waals surface area contributed by atoms with Crippen LogP contribution >= 0.6 is 0 Å². The molecule has 3 heterocycles. The molecule has 7 nitrogen and oxygen atoms in total. The number of carbonyl (C=O) groups excluding carboxylic acids is 2. The maximum Gasteiger partial charge on any atom is 0.254 e. The zero-order chi connectivity index (χ0) is 20.2. The van der Waals surface area contributed by atoms with Crippen LogP contribution in [0, 0.1) is 5.92 Å². The van der Waals surface area contributed by atoms with Crippen LogP contribution in [0.1, 0.15) is 23.2 Å². The Morgan fingerprint density at radius 2 is 2.00 bits per heavy atom. The third kappa shape index (κ3) is 3.32. The van der Waals surface area contributed by atoms with Crippen molar-refractivity contribution < 1.29 is 14.3 Å². The lowest BCUT2D eigenvalue weighted by atomic mass is 9.89. The molecule has 1 atom stereocenters. The lowest BCUT2D eigenvalue weighted by Crippen LogP contribution is -2.73. The molecule has 0 bridgehead atoms. The van der Waals surface area contributed by atoms with Gasteiger partial charge in [-0.05, 0) is 43.0 Å². The molecule has 1 N–H and O–H groups in total. The lowest BCUT2D eigenvalue weighted by molar-refractivity contribution is -0.191. The third-order valence-electron chi connectivity index (χ3n) is 6.60. The van der Waals surface area contributed by atoms with Gasteiger partial charge in [-0.1, -0.05) is 0 Å². The summed E-state index contributed by atoms with van der Waals surface area (Å²) in [6.45, 7) is 3.22. The van der Waals surface area contributed by atoms with Crippen LogP contribution in [0.15, 0.2) is 30.5 Å². The largest absolute Gasteiger partial charge is 0.368 e. The number of rotatable bonds is 4. The summed E-state index contributed by atoms with van der Waals surface area (Å²) in [7, 11) is 3.68. The molecule has 3 fully saturated rings. The highest BCUT2D eigenvalue weighted by atomic mass is 16.5. The number of nitrogens with zero attached hydrogens (tertiary/aromatic N) is 3. The number of morpholine rings is 1. The fourth-order valence-electron chi connectivity index (χ4n) is 4.70. The SMILES string of the molecule is CNC(=O)[C@@H]1COC2(CN(C(=O)c3ccc4c(ccn4C)c3)C2)CN1CC1CC1. The van der Waals surface area contributed by atoms with E-state index in [9.17, 15) is 9.59 Å². The predicted octanol–water partition coefficient (Wildman–Crippen LogP) is 1.23. The van der Waals surface area contributed by atoms with Crippen molar-refractivity contribution in [2.45, 2.75) is 24.5 Å². The van der Waals surface area contributed by atoms with E-state index in [1.807, 2.05) is 42.4 Å². The fourth-order valence-corrected chi connectivity index (χ4v) is 4.70. The van der Waals surface area contributed by atoms with Crippen molar-refractivity contribution in [1.29, 1.82) is 0 Å². The summed E-state index contributed by atoms with van der Waals surface area (Å²) >= 11 is 0. The first-order valence-corrected chi connectivity index (χ1v) is 10.4. The number of amides is 2. The quantitative estimate of drug-likeness (QED) is 0.844. The number of hydrogen-bond acceptors (Lipinski definition) is 4. The third-order valence-corrected chi connectivity index (χ3v) is 6.60. The summed E-state index contributed by atoms with van der Waals surface area (Å²) in [5, 5.41) is 3.84. The van der Waals surface area contributed by atoms with E-state index in [-0.39, 0.29) is 23.5 Å². The summed E-state index contributed by atoms with van der Waals surface area (Å²) in [4.78, 5) is 29.4. The molecule has 7 heteroatoms. The van der Waals surface area contributed by atoms with E-state index in [2.05, 4.69) is 14.8 Å². The molecule has 5 rings (SSSR count). The Hall–Kier alpha value is -2.38. The topological polar surface area (TPSA) is 66.8 Å². The van der Waals surface area contributed by atoms with Crippen molar-refractivity contribution in [2.24, 2.45) is 13.0 Å². The molecule has 3 aliphatic rings. The number of fused-ring (bicyclic) bond motifs is 1.